The molecule has 0 aliphatic carbocycles. The van der Waals surface area contributed by atoms with Gasteiger partial charge in [0.25, 0.3) is 0 Å². The minimum absolute atomic E-state index is 0.0956. The molecule has 2 N–H and O–H groups in total. The molecule has 0 spiro atoms. The molecule has 0 radical (unpaired) electrons. The lowest BCUT2D eigenvalue weighted by Gasteiger charge is -2.18. The summed E-state index contributed by atoms with van der Waals surface area (Å²) >= 11 is 6.21. The summed E-state index contributed by atoms with van der Waals surface area (Å²) in [6, 6.07) is 3.75. The van der Waals surface area contributed by atoms with Gasteiger partial charge in [-0.1, -0.05) is 11.6 Å². The number of nitrogens with two attached hydrogens (primary N) is 1. The Morgan fingerprint density at radius 2 is 2.06 bits per heavy atom. The molecular weight excluding hydrogens is 254 g/mol. The van der Waals surface area contributed by atoms with Gasteiger partial charge in [-0.15, -0.1) is 0 Å². The van der Waals surface area contributed by atoms with E-state index in [9.17, 15) is 0 Å². The average Bonchev–Trinajstić information content (AvgIpc) is 2.33. The summed E-state index contributed by atoms with van der Waals surface area (Å²) in [6.07, 6.45) is 0.658. The first-order chi connectivity index (χ1) is 8.62. The Labute approximate surface area is 113 Å². The highest BCUT2D eigenvalue weighted by molar-refractivity contribution is 6.32. The second-order valence-corrected chi connectivity index (χ2v) is 4.44. The van der Waals surface area contributed by atoms with Crippen LogP contribution >= 0.6 is 11.6 Å². The number of hydrogen-bond donors (Lipinski definition) is 1. The summed E-state index contributed by atoms with van der Waals surface area (Å²) in [4.78, 5) is 0. The van der Waals surface area contributed by atoms with Crippen molar-refractivity contribution in [3.05, 3.63) is 22.7 Å². The largest absolute Gasteiger partial charge is 0.493 e. The quantitative estimate of drug-likeness (QED) is 0.828. The van der Waals surface area contributed by atoms with Gasteiger partial charge in [0.2, 0.25) is 0 Å². The molecule has 1 rings (SSSR count). The van der Waals surface area contributed by atoms with Gasteiger partial charge in [-0.25, -0.2) is 0 Å². The summed E-state index contributed by atoms with van der Waals surface area (Å²) in [6.45, 7) is 2.97. The molecule has 0 bridgehead atoms. The van der Waals surface area contributed by atoms with E-state index in [1.54, 1.807) is 14.2 Å². The van der Waals surface area contributed by atoms with Gasteiger partial charge in [-0.3, -0.25) is 0 Å². The van der Waals surface area contributed by atoms with E-state index in [-0.39, 0.29) is 6.10 Å². The highest BCUT2D eigenvalue weighted by Crippen LogP contribution is 2.37. The zero-order chi connectivity index (χ0) is 13.5. The Bertz CT molecular complexity index is 385. The van der Waals surface area contributed by atoms with Crippen molar-refractivity contribution in [3.8, 4) is 11.5 Å². The van der Waals surface area contributed by atoms with E-state index in [1.807, 2.05) is 19.1 Å². The van der Waals surface area contributed by atoms with E-state index in [1.165, 1.54) is 0 Å². The number of halogens is 1. The lowest BCUT2D eigenvalue weighted by atomic mass is 10.1. The first-order valence-corrected chi connectivity index (χ1v) is 6.22. The molecule has 1 atom stereocenters. The van der Waals surface area contributed by atoms with Gasteiger partial charge < -0.3 is 19.9 Å². The molecule has 0 saturated heterocycles. The smallest absolute Gasteiger partial charge is 0.180 e. The van der Waals surface area contributed by atoms with Gasteiger partial charge in [0.15, 0.2) is 11.5 Å². The molecule has 4 nitrogen and oxygen atoms in total. The number of methoxy groups -OCH3 is 2. The molecule has 0 fully saturated rings. The van der Waals surface area contributed by atoms with Crippen LogP contribution in [-0.4, -0.2) is 33.5 Å². The van der Waals surface area contributed by atoms with E-state index >= 15 is 0 Å². The normalized spacial score (nSPS) is 12.3. The highest BCUT2D eigenvalue weighted by atomic mass is 35.5. The molecule has 18 heavy (non-hydrogen) atoms. The van der Waals surface area contributed by atoms with Crippen LogP contribution in [0.4, 0.5) is 0 Å². The fourth-order valence-electron chi connectivity index (χ4n) is 1.67. The van der Waals surface area contributed by atoms with Crippen molar-refractivity contribution in [1.82, 2.24) is 0 Å². The number of ether oxygens (including phenoxy) is 3. The molecule has 1 aromatic rings. The Morgan fingerprint density at radius 1 is 1.33 bits per heavy atom. The van der Waals surface area contributed by atoms with Gasteiger partial charge in [0.05, 0.1) is 18.7 Å². The number of rotatable bonds is 7. The lowest BCUT2D eigenvalue weighted by molar-refractivity contribution is 0.0900. The minimum atomic E-state index is -0.0956. The molecule has 102 valence electrons. The summed E-state index contributed by atoms with van der Waals surface area (Å²) in [5, 5.41) is 0.528. The summed E-state index contributed by atoms with van der Waals surface area (Å²) < 4.78 is 16.1. The molecule has 5 heteroatoms. The van der Waals surface area contributed by atoms with Gasteiger partial charge in [-0.2, -0.15) is 0 Å². The second kappa shape index (κ2) is 7.46. The average molecular weight is 274 g/mol. The van der Waals surface area contributed by atoms with Crippen molar-refractivity contribution < 1.29 is 14.2 Å². The minimum Gasteiger partial charge on any atom is -0.493 e. The Balaban J connectivity index is 2.95. The molecule has 0 amide bonds. The standard InChI is InChI=1S/C13H20ClNO3/c1-9(8-16-2)18-13-11(14)6-10(4-5-15)7-12(13)17-3/h6-7,9H,4-5,8,15H2,1-3H3. The third-order valence-electron chi connectivity index (χ3n) is 2.44. The number of hydrogen-bond acceptors (Lipinski definition) is 4. The molecule has 0 heterocycles. The van der Waals surface area contributed by atoms with Gasteiger partial charge in [0, 0.05) is 7.11 Å². The first kappa shape index (κ1) is 15.1. The van der Waals surface area contributed by atoms with E-state index in [4.69, 9.17) is 31.5 Å². The van der Waals surface area contributed by atoms with Crippen LogP contribution in [0, 0.1) is 0 Å². The fourth-order valence-corrected chi connectivity index (χ4v) is 1.95. The summed E-state index contributed by atoms with van der Waals surface area (Å²) in [5.74, 6) is 1.17. The van der Waals surface area contributed by atoms with Crippen molar-refractivity contribution in [2.75, 3.05) is 27.4 Å². The number of benzene rings is 1. The van der Waals surface area contributed by atoms with Crippen molar-refractivity contribution in [3.63, 3.8) is 0 Å². The lowest BCUT2D eigenvalue weighted by Crippen LogP contribution is -2.18. The summed E-state index contributed by atoms with van der Waals surface area (Å²) in [5.41, 5.74) is 6.56. The van der Waals surface area contributed by atoms with Gasteiger partial charge >= 0.3 is 0 Å². The van der Waals surface area contributed by atoms with Crippen molar-refractivity contribution >= 4 is 11.6 Å². The van der Waals surface area contributed by atoms with Crippen LogP contribution in [0.5, 0.6) is 11.5 Å². The van der Waals surface area contributed by atoms with Crippen LogP contribution in [0.2, 0.25) is 5.02 Å². The van der Waals surface area contributed by atoms with Crippen LogP contribution in [0.25, 0.3) is 0 Å². The van der Waals surface area contributed by atoms with E-state index < -0.39 is 0 Å². The van der Waals surface area contributed by atoms with E-state index in [2.05, 4.69) is 0 Å². The Kier molecular flexibility index (Phi) is 6.25. The zero-order valence-corrected chi connectivity index (χ0v) is 11.8. The predicted molar refractivity (Wildman–Crippen MR) is 72.7 cm³/mol. The highest BCUT2D eigenvalue weighted by Gasteiger charge is 2.14. The molecule has 1 aromatic carbocycles. The molecular formula is C13H20ClNO3. The molecule has 0 saturated carbocycles. The molecule has 1 unspecified atom stereocenters. The van der Waals surface area contributed by atoms with E-state index in [0.29, 0.717) is 29.7 Å². The van der Waals surface area contributed by atoms with Crippen LogP contribution in [-0.2, 0) is 11.2 Å². The molecule has 0 aliphatic heterocycles. The maximum atomic E-state index is 6.21. The van der Waals surface area contributed by atoms with Crippen molar-refractivity contribution in [2.45, 2.75) is 19.4 Å². The van der Waals surface area contributed by atoms with Gasteiger partial charge in [-0.05, 0) is 37.6 Å². The monoisotopic (exact) mass is 273 g/mol. The van der Waals surface area contributed by atoms with Crippen LogP contribution in [0.15, 0.2) is 12.1 Å². The second-order valence-electron chi connectivity index (χ2n) is 4.03. The van der Waals surface area contributed by atoms with Crippen LogP contribution in [0.3, 0.4) is 0 Å². The van der Waals surface area contributed by atoms with Crippen LogP contribution < -0.4 is 15.2 Å². The third kappa shape index (κ3) is 4.05. The zero-order valence-electron chi connectivity index (χ0n) is 11.0. The SMILES string of the molecule is COCC(C)Oc1c(Cl)cc(CCN)cc1OC. The van der Waals surface area contributed by atoms with E-state index in [0.717, 1.165) is 12.0 Å². The van der Waals surface area contributed by atoms with Crippen molar-refractivity contribution in [1.29, 1.82) is 0 Å². The third-order valence-corrected chi connectivity index (χ3v) is 2.72. The Morgan fingerprint density at radius 3 is 2.61 bits per heavy atom. The maximum Gasteiger partial charge on any atom is 0.180 e. The topological polar surface area (TPSA) is 53.7 Å². The van der Waals surface area contributed by atoms with Crippen LogP contribution in [0.1, 0.15) is 12.5 Å². The summed E-state index contributed by atoms with van der Waals surface area (Å²) in [7, 11) is 3.22. The maximum absolute atomic E-state index is 6.21. The van der Waals surface area contributed by atoms with Gasteiger partial charge in [0.1, 0.15) is 6.10 Å². The Hall–Kier alpha value is -0.970. The first-order valence-electron chi connectivity index (χ1n) is 5.84. The predicted octanol–water partition coefficient (Wildman–Crippen LogP) is 2.26. The van der Waals surface area contributed by atoms with Crippen molar-refractivity contribution in [2.24, 2.45) is 5.73 Å². The molecule has 0 aliphatic rings. The molecule has 0 aromatic heterocycles. The fraction of sp³-hybridized carbons (Fsp3) is 0.538.